The molecule has 0 fully saturated rings. The highest BCUT2D eigenvalue weighted by Crippen LogP contribution is 2.31. The van der Waals surface area contributed by atoms with E-state index in [-0.39, 0.29) is 11.5 Å². The Morgan fingerprint density at radius 3 is 2.77 bits per heavy atom. The van der Waals surface area contributed by atoms with Crippen molar-refractivity contribution in [3.8, 4) is 5.75 Å². The molecule has 1 atom stereocenters. The van der Waals surface area contributed by atoms with Crippen LogP contribution in [0.5, 0.6) is 5.75 Å². The van der Waals surface area contributed by atoms with E-state index in [1.807, 2.05) is 44.2 Å². The highest BCUT2D eigenvalue weighted by atomic mass is 32.2. The van der Waals surface area contributed by atoms with Gasteiger partial charge in [0.2, 0.25) is 5.91 Å². The first-order valence-electron chi connectivity index (χ1n) is 9.96. The number of rotatable bonds is 7. The van der Waals surface area contributed by atoms with Crippen molar-refractivity contribution < 1.29 is 9.53 Å². The number of amides is 1. The van der Waals surface area contributed by atoms with Crippen LogP contribution >= 0.6 is 23.1 Å². The van der Waals surface area contributed by atoms with Gasteiger partial charge in [-0.25, -0.2) is 9.97 Å². The van der Waals surface area contributed by atoms with Gasteiger partial charge in [0.25, 0.3) is 5.56 Å². The van der Waals surface area contributed by atoms with Crippen molar-refractivity contribution in [3.05, 3.63) is 52.8 Å². The number of fused-ring (bicyclic) bond motifs is 2. The van der Waals surface area contributed by atoms with Crippen molar-refractivity contribution in [2.45, 2.75) is 30.7 Å². The average Bonchev–Trinajstić information content (AvgIpc) is 3.16. The van der Waals surface area contributed by atoms with Crippen molar-refractivity contribution >= 4 is 55.3 Å². The maximum Gasteiger partial charge on any atom is 0.261 e. The summed E-state index contributed by atoms with van der Waals surface area (Å²) in [6, 6.07) is 12.9. The van der Waals surface area contributed by atoms with E-state index in [2.05, 4.69) is 15.3 Å². The van der Waals surface area contributed by atoms with Crippen LogP contribution in [0.4, 0.5) is 5.13 Å². The fourth-order valence-corrected chi connectivity index (χ4v) is 5.03. The molecule has 2 heterocycles. The third kappa shape index (κ3) is 4.42. The molecule has 31 heavy (non-hydrogen) atoms. The number of para-hydroxylation sites is 1. The van der Waals surface area contributed by atoms with E-state index in [9.17, 15) is 9.59 Å². The lowest BCUT2D eigenvalue weighted by Crippen LogP contribution is -2.27. The number of carbonyl (C=O) groups is 1. The van der Waals surface area contributed by atoms with Crippen LogP contribution in [-0.4, -0.2) is 32.3 Å². The molecule has 0 spiro atoms. The van der Waals surface area contributed by atoms with Crippen molar-refractivity contribution in [1.29, 1.82) is 0 Å². The molecule has 0 aliphatic carbocycles. The molecule has 0 saturated carbocycles. The van der Waals surface area contributed by atoms with E-state index in [4.69, 9.17) is 4.74 Å². The zero-order valence-corrected chi connectivity index (χ0v) is 19.0. The third-order valence-electron chi connectivity index (χ3n) is 4.75. The normalized spacial score (nSPS) is 12.2. The summed E-state index contributed by atoms with van der Waals surface area (Å²) >= 11 is 2.69. The Hall–Kier alpha value is -2.91. The van der Waals surface area contributed by atoms with Gasteiger partial charge < -0.3 is 10.1 Å². The van der Waals surface area contributed by atoms with E-state index < -0.39 is 5.25 Å². The number of thiazole rings is 1. The first-order chi connectivity index (χ1) is 15.0. The quantitative estimate of drug-likeness (QED) is 0.328. The highest BCUT2D eigenvalue weighted by molar-refractivity contribution is 8.00. The Morgan fingerprint density at radius 1 is 1.19 bits per heavy atom. The van der Waals surface area contributed by atoms with Crippen LogP contribution in [0.2, 0.25) is 0 Å². The molecule has 1 amide bonds. The van der Waals surface area contributed by atoms with Gasteiger partial charge in [0.15, 0.2) is 10.3 Å². The summed E-state index contributed by atoms with van der Waals surface area (Å²) < 4.78 is 7.97. The lowest BCUT2D eigenvalue weighted by atomic mass is 10.2. The van der Waals surface area contributed by atoms with Crippen LogP contribution in [0.3, 0.4) is 0 Å². The summed E-state index contributed by atoms with van der Waals surface area (Å²) in [4.78, 5) is 34.7. The Balaban J connectivity index is 1.55. The molecule has 4 aromatic rings. The molecular weight excluding hydrogens is 432 g/mol. The van der Waals surface area contributed by atoms with Gasteiger partial charge in [0.05, 0.1) is 33.0 Å². The number of aromatic nitrogens is 3. The second-order valence-electron chi connectivity index (χ2n) is 6.86. The predicted octanol–water partition coefficient (Wildman–Crippen LogP) is 4.45. The van der Waals surface area contributed by atoms with Crippen LogP contribution < -0.4 is 15.6 Å². The smallest absolute Gasteiger partial charge is 0.261 e. The van der Waals surface area contributed by atoms with Crippen molar-refractivity contribution in [3.63, 3.8) is 0 Å². The second kappa shape index (κ2) is 9.07. The number of ether oxygens (including phenoxy) is 1. The fourth-order valence-electron chi connectivity index (χ4n) is 3.15. The zero-order chi connectivity index (χ0) is 22.0. The minimum absolute atomic E-state index is 0.125. The van der Waals surface area contributed by atoms with Crippen LogP contribution in [0, 0.1) is 0 Å². The summed E-state index contributed by atoms with van der Waals surface area (Å²) in [5.41, 5.74) is 1.31. The number of anilines is 1. The number of thioether (sulfide) groups is 1. The Labute approximate surface area is 187 Å². The lowest BCUT2D eigenvalue weighted by molar-refractivity contribution is -0.115. The van der Waals surface area contributed by atoms with Gasteiger partial charge >= 0.3 is 0 Å². The summed E-state index contributed by atoms with van der Waals surface area (Å²) in [6.07, 6.45) is 0.582. The van der Waals surface area contributed by atoms with E-state index in [1.165, 1.54) is 27.7 Å². The summed E-state index contributed by atoms with van der Waals surface area (Å²) in [5.74, 6) is 0.612. The van der Waals surface area contributed by atoms with Crippen LogP contribution in [0.25, 0.3) is 21.1 Å². The van der Waals surface area contributed by atoms with Crippen molar-refractivity contribution in [1.82, 2.24) is 14.5 Å². The molecule has 0 aliphatic heterocycles. The Kier molecular flexibility index (Phi) is 6.24. The molecule has 4 rings (SSSR count). The summed E-state index contributed by atoms with van der Waals surface area (Å²) in [5, 5.41) is 4.11. The van der Waals surface area contributed by atoms with E-state index >= 15 is 0 Å². The molecule has 1 unspecified atom stereocenters. The number of nitrogens with one attached hydrogen (secondary N) is 1. The highest BCUT2D eigenvalue weighted by Gasteiger charge is 2.22. The van der Waals surface area contributed by atoms with Gasteiger partial charge in [-0.2, -0.15) is 0 Å². The van der Waals surface area contributed by atoms with Crippen LogP contribution in [0.15, 0.2) is 52.4 Å². The number of nitrogens with zero attached hydrogens (tertiary/aromatic N) is 3. The van der Waals surface area contributed by atoms with Gasteiger partial charge in [-0.1, -0.05) is 42.2 Å². The molecule has 7 nitrogen and oxygen atoms in total. The monoisotopic (exact) mass is 454 g/mol. The van der Waals surface area contributed by atoms with Crippen LogP contribution in [0.1, 0.15) is 20.3 Å². The number of hydrogen-bond donors (Lipinski definition) is 1. The molecule has 2 aromatic carbocycles. The number of benzene rings is 2. The molecule has 1 N–H and O–H groups in total. The fraction of sp³-hybridized carbons (Fsp3) is 0.273. The predicted molar refractivity (Wildman–Crippen MR) is 126 cm³/mol. The van der Waals surface area contributed by atoms with E-state index in [0.29, 0.717) is 34.2 Å². The Morgan fingerprint density at radius 2 is 2.00 bits per heavy atom. The summed E-state index contributed by atoms with van der Waals surface area (Å²) in [6.45, 7) is 4.46. The third-order valence-corrected chi connectivity index (χ3v) is 7.10. The minimum Gasteiger partial charge on any atom is -0.494 e. The topological polar surface area (TPSA) is 86.1 Å². The summed E-state index contributed by atoms with van der Waals surface area (Å²) in [7, 11) is 1.68. The second-order valence-corrected chi connectivity index (χ2v) is 9.06. The maximum absolute atomic E-state index is 12.9. The van der Waals surface area contributed by atoms with Gasteiger partial charge in [-0.3, -0.25) is 14.2 Å². The zero-order valence-electron chi connectivity index (χ0n) is 17.4. The maximum atomic E-state index is 12.9. The minimum atomic E-state index is -0.412. The Bertz CT molecular complexity index is 1320. The van der Waals surface area contributed by atoms with Gasteiger partial charge in [0, 0.05) is 7.05 Å². The van der Waals surface area contributed by atoms with E-state index in [0.717, 1.165) is 16.0 Å². The SMILES string of the molecule is CCOc1ccc2nc(NC(=O)C(CC)Sc3nc4ccccc4c(=O)n3C)sc2c1. The number of carbonyl (C=O) groups excluding carboxylic acids is 1. The van der Waals surface area contributed by atoms with Crippen molar-refractivity contribution in [2.75, 3.05) is 11.9 Å². The molecule has 160 valence electrons. The van der Waals surface area contributed by atoms with Gasteiger partial charge in [-0.15, -0.1) is 0 Å². The standard InChI is InChI=1S/C22H22N4O3S2/c1-4-17(31-22-24-15-9-7-6-8-14(15)20(28)26(22)3)19(27)25-21-23-16-11-10-13(29-5-2)12-18(16)30-21/h6-12,17H,4-5H2,1-3H3,(H,23,25,27). The van der Waals surface area contributed by atoms with Gasteiger partial charge in [0.1, 0.15) is 5.75 Å². The molecule has 0 radical (unpaired) electrons. The molecule has 0 saturated heterocycles. The van der Waals surface area contributed by atoms with Crippen molar-refractivity contribution in [2.24, 2.45) is 7.05 Å². The molecular formula is C22H22N4O3S2. The van der Waals surface area contributed by atoms with E-state index in [1.54, 1.807) is 19.2 Å². The average molecular weight is 455 g/mol. The van der Waals surface area contributed by atoms with Gasteiger partial charge in [-0.05, 0) is 43.7 Å². The molecule has 2 aromatic heterocycles. The van der Waals surface area contributed by atoms with Crippen LogP contribution in [-0.2, 0) is 11.8 Å². The molecule has 9 heteroatoms. The first-order valence-corrected chi connectivity index (χ1v) is 11.7. The number of hydrogen-bond acceptors (Lipinski definition) is 7. The first kappa shape index (κ1) is 21.3. The molecule has 0 bridgehead atoms. The largest absolute Gasteiger partial charge is 0.494 e. The lowest BCUT2D eigenvalue weighted by Gasteiger charge is -2.15. The molecule has 0 aliphatic rings.